The number of aromatic nitrogens is 2. The molecule has 0 aliphatic heterocycles. The molecule has 0 saturated carbocycles. The highest BCUT2D eigenvalue weighted by Gasteiger charge is 2.11. The molecule has 4 nitrogen and oxygen atoms in total. The number of benzene rings is 2. The number of aryl methyl sites for hydroxylation is 1. The number of hydrogen-bond donors (Lipinski definition) is 1. The first-order valence-electron chi connectivity index (χ1n) is 8.09. The molecular formula is C20H22N4. The highest BCUT2D eigenvalue weighted by Crippen LogP contribution is 2.25. The fourth-order valence-electron chi connectivity index (χ4n) is 2.63. The van der Waals surface area contributed by atoms with E-state index in [1.54, 1.807) is 0 Å². The molecule has 0 fully saturated rings. The summed E-state index contributed by atoms with van der Waals surface area (Å²) in [7, 11) is 2.02. The van der Waals surface area contributed by atoms with Crippen LogP contribution in [0.3, 0.4) is 0 Å². The predicted octanol–water partition coefficient (Wildman–Crippen LogP) is 4.73. The van der Waals surface area contributed by atoms with Gasteiger partial charge in [0.2, 0.25) is 0 Å². The van der Waals surface area contributed by atoms with E-state index in [1.807, 2.05) is 56.4 Å². The van der Waals surface area contributed by atoms with Gasteiger partial charge in [0.1, 0.15) is 17.5 Å². The second-order valence-electron chi connectivity index (χ2n) is 5.83. The van der Waals surface area contributed by atoms with Gasteiger partial charge in [-0.15, -0.1) is 0 Å². The van der Waals surface area contributed by atoms with Gasteiger partial charge >= 0.3 is 0 Å². The monoisotopic (exact) mass is 318 g/mol. The van der Waals surface area contributed by atoms with Crippen LogP contribution in [-0.4, -0.2) is 17.0 Å². The van der Waals surface area contributed by atoms with E-state index < -0.39 is 0 Å². The average Bonchev–Trinajstić information content (AvgIpc) is 2.62. The molecule has 2 aromatic carbocycles. The van der Waals surface area contributed by atoms with Gasteiger partial charge < -0.3 is 10.2 Å². The normalized spacial score (nSPS) is 11.8. The standard InChI is InChI=1S/C20H22N4/c1-15(17-10-6-4-7-11-17)21-19-14-20(23-16(2)22-19)24(3)18-12-8-5-9-13-18/h4-15H,1-3H3,(H,21,22,23). The maximum absolute atomic E-state index is 4.56. The Hall–Kier alpha value is -2.88. The summed E-state index contributed by atoms with van der Waals surface area (Å²) in [6.07, 6.45) is 0. The maximum atomic E-state index is 4.56. The van der Waals surface area contributed by atoms with Crippen molar-refractivity contribution in [2.75, 3.05) is 17.3 Å². The molecule has 1 aromatic heterocycles. The van der Waals surface area contributed by atoms with Crippen LogP contribution in [0, 0.1) is 6.92 Å². The lowest BCUT2D eigenvalue weighted by Crippen LogP contribution is -2.14. The second kappa shape index (κ2) is 7.13. The molecule has 0 aliphatic rings. The third-order valence-corrected chi connectivity index (χ3v) is 3.98. The molecule has 0 saturated heterocycles. The summed E-state index contributed by atoms with van der Waals surface area (Å²) in [6.45, 7) is 4.05. The Morgan fingerprint density at radius 3 is 2.21 bits per heavy atom. The Bertz CT molecular complexity index is 787. The summed E-state index contributed by atoms with van der Waals surface area (Å²) in [5.41, 5.74) is 2.32. The van der Waals surface area contributed by atoms with Crippen molar-refractivity contribution in [3.8, 4) is 0 Å². The largest absolute Gasteiger partial charge is 0.363 e. The topological polar surface area (TPSA) is 41.1 Å². The van der Waals surface area contributed by atoms with Gasteiger partial charge in [-0.25, -0.2) is 9.97 Å². The highest BCUT2D eigenvalue weighted by molar-refractivity contribution is 5.61. The predicted molar refractivity (Wildman–Crippen MR) is 99.8 cm³/mol. The van der Waals surface area contributed by atoms with E-state index in [-0.39, 0.29) is 6.04 Å². The molecule has 24 heavy (non-hydrogen) atoms. The number of rotatable bonds is 5. The first kappa shape index (κ1) is 16.0. The van der Waals surface area contributed by atoms with Gasteiger partial charge in [0, 0.05) is 24.8 Å². The number of nitrogens with zero attached hydrogens (tertiary/aromatic N) is 3. The quantitative estimate of drug-likeness (QED) is 0.738. The smallest absolute Gasteiger partial charge is 0.138 e. The summed E-state index contributed by atoms with van der Waals surface area (Å²) in [5, 5.41) is 3.47. The van der Waals surface area contributed by atoms with E-state index >= 15 is 0 Å². The summed E-state index contributed by atoms with van der Waals surface area (Å²) in [6, 6.07) is 22.7. The van der Waals surface area contributed by atoms with Gasteiger partial charge in [-0.05, 0) is 31.5 Å². The molecule has 0 bridgehead atoms. The Balaban J connectivity index is 1.84. The lowest BCUT2D eigenvalue weighted by Gasteiger charge is -2.21. The van der Waals surface area contributed by atoms with Crippen LogP contribution >= 0.6 is 0 Å². The zero-order valence-corrected chi connectivity index (χ0v) is 14.3. The van der Waals surface area contributed by atoms with E-state index in [0.717, 1.165) is 23.1 Å². The molecular weight excluding hydrogens is 296 g/mol. The van der Waals surface area contributed by atoms with Gasteiger partial charge in [-0.3, -0.25) is 0 Å². The van der Waals surface area contributed by atoms with Crippen molar-refractivity contribution < 1.29 is 0 Å². The second-order valence-corrected chi connectivity index (χ2v) is 5.83. The van der Waals surface area contributed by atoms with Crippen LogP contribution < -0.4 is 10.2 Å². The van der Waals surface area contributed by atoms with E-state index in [0.29, 0.717) is 0 Å². The van der Waals surface area contributed by atoms with Crippen molar-refractivity contribution >= 4 is 17.3 Å². The van der Waals surface area contributed by atoms with Crippen LogP contribution in [0.15, 0.2) is 66.7 Å². The van der Waals surface area contributed by atoms with E-state index in [4.69, 9.17) is 0 Å². The molecule has 1 N–H and O–H groups in total. The Morgan fingerprint density at radius 2 is 1.54 bits per heavy atom. The molecule has 0 radical (unpaired) electrons. The zero-order valence-electron chi connectivity index (χ0n) is 14.3. The van der Waals surface area contributed by atoms with E-state index in [9.17, 15) is 0 Å². The Labute approximate surface area is 143 Å². The fraction of sp³-hybridized carbons (Fsp3) is 0.200. The average molecular weight is 318 g/mol. The number of nitrogens with one attached hydrogen (secondary N) is 1. The first-order valence-corrected chi connectivity index (χ1v) is 8.09. The SMILES string of the molecule is Cc1nc(NC(C)c2ccccc2)cc(N(C)c2ccccc2)n1. The number of hydrogen-bond acceptors (Lipinski definition) is 4. The summed E-state index contributed by atoms with van der Waals surface area (Å²) in [5.74, 6) is 2.45. The Kier molecular flexibility index (Phi) is 4.75. The van der Waals surface area contributed by atoms with Gasteiger partial charge in [0.05, 0.1) is 0 Å². The minimum atomic E-state index is 0.176. The lowest BCUT2D eigenvalue weighted by atomic mass is 10.1. The molecule has 122 valence electrons. The van der Waals surface area contributed by atoms with Crippen molar-refractivity contribution in [3.05, 3.63) is 78.1 Å². The van der Waals surface area contributed by atoms with Gasteiger partial charge in [-0.2, -0.15) is 0 Å². The summed E-state index contributed by atoms with van der Waals surface area (Å²) < 4.78 is 0. The first-order chi connectivity index (χ1) is 11.6. The fourth-order valence-corrected chi connectivity index (χ4v) is 2.63. The molecule has 3 aromatic rings. The molecule has 0 spiro atoms. The zero-order chi connectivity index (χ0) is 16.9. The van der Waals surface area contributed by atoms with Crippen LogP contribution in [0.1, 0.15) is 24.4 Å². The van der Waals surface area contributed by atoms with Gasteiger partial charge in [0.25, 0.3) is 0 Å². The molecule has 0 amide bonds. The molecule has 1 heterocycles. The van der Waals surface area contributed by atoms with Crippen LogP contribution in [0.5, 0.6) is 0 Å². The molecule has 1 atom stereocenters. The minimum Gasteiger partial charge on any atom is -0.363 e. The van der Waals surface area contributed by atoms with E-state index in [2.05, 4.69) is 51.4 Å². The van der Waals surface area contributed by atoms with Crippen molar-refractivity contribution in [2.45, 2.75) is 19.9 Å². The maximum Gasteiger partial charge on any atom is 0.138 e. The third kappa shape index (κ3) is 3.71. The summed E-state index contributed by atoms with van der Waals surface area (Å²) >= 11 is 0. The van der Waals surface area contributed by atoms with Crippen LogP contribution in [0.4, 0.5) is 17.3 Å². The van der Waals surface area contributed by atoms with Crippen LogP contribution in [0.25, 0.3) is 0 Å². The molecule has 0 aliphatic carbocycles. The molecule has 3 rings (SSSR count). The Morgan fingerprint density at radius 1 is 0.917 bits per heavy atom. The molecule has 4 heteroatoms. The number of para-hydroxylation sites is 1. The van der Waals surface area contributed by atoms with E-state index in [1.165, 1.54) is 5.56 Å². The highest BCUT2D eigenvalue weighted by atomic mass is 15.2. The minimum absolute atomic E-state index is 0.176. The van der Waals surface area contributed by atoms with Crippen LogP contribution in [-0.2, 0) is 0 Å². The molecule has 1 unspecified atom stereocenters. The third-order valence-electron chi connectivity index (χ3n) is 3.98. The van der Waals surface area contributed by atoms with Gasteiger partial charge in [0.15, 0.2) is 0 Å². The van der Waals surface area contributed by atoms with Crippen LogP contribution in [0.2, 0.25) is 0 Å². The van der Waals surface area contributed by atoms with Crippen molar-refractivity contribution in [1.82, 2.24) is 9.97 Å². The summed E-state index contributed by atoms with van der Waals surface area (Å²) in [4.78, 5) is 11.2. The van der Waals surface area contributed by atoms with Crippen molar-refractivity contribution in [1.29, 1.82) is 0 Å². The van der Waals surface area contributed by atoms with Crippen molar-refractivity contribution in [3.63, 3.8) is 0 Å². The van der Waals surface area contributed by atoms with Gasteiger partial charge in [-0.1, -0.05) is 48.5 Å². The number of anilines is 3. The van der Waals surface area contributed by atoms with Crippen molar-refractivity contribution in [2.24, 2.45) is 0 Å². The lowest BCUT2D eigenvalue weighted by molar-refractivity contribution is 0.865.